The zero-order valence-electron chi connectivity index (χ0n) is 18.8. The number of carbonyl (C=O) groups excluding carboxylic acids is 4. The molecule has 1 heterocycles. The summed E-state index contributed by atoms with van der Waals surface area (Å²) in [6.45, 7) is -0.755. The molecule has 4 atom stereocenters. The highest BCUT2D eigenvalue weighted by atomic mass is 16.6. The Balaban J connectivity index is 1.52. The van der Waals surface area contributed by atoms with Gasteiger partial charge in [0.2, 0.25) is 0 Å². The van der Waals surface area contributed by atoms with Crippen molar-refractivity contribution in [3.63, 3.8) is 0 Å². The third-order valence-corrected chi connectivity index (χ3v) is 7.40. The highest BCUT2D eigenvalue weighted by Crippen LogP contribution is 2.56. The molecule has 1 saturated heterocycles. The number of benzene rings is 2. The van der Waals surface area contributed by atoms with Gasteiger partial charge < -0.3 is 0 Å². The second kappa shape index (κ2) is 8.63. The molecule has 0 N–H and O–H groups in total. The molecule has 3 amide bonds. The lowest BCUT2D eigenvalue weighted by Crippen LogP contribution is -2.52. The number of Topliss-reactive ketones (excluding diaryl/α,β-unsaturated/α-hetero) is 1. The van der Waals surface area contributed by atoms with Crippen LogP contribution in [0.5, 0.6) is 0 Å². The molecule has 2 bridgehead atoms. The summed E-state index contributed by atoms with van der Waals surface area (Å²) in [5, 5.41) is 23.9. The summed E-state index contributed by atoms with van der Waals surface area (Å²) in [5.74, 6) is -4.01. The largest absolute Gasteiger partial charge is 0.292 e. The first-order valence-corrected chi connectivity index (χ1v) is 11.4. The van der Waals surface area contributed by atoms with Crippen LogP contribution in [0.15, 0.2) is 48.5 Å². The number of rotatable bonds is 7. The van der Waals surface area contributed by atoms with Gasteiger partial charge in [0.25, 0.3) is 29.1 Å². The van der Waals surface area contributed by atoms with Crippen molar-refractivity contribution in [3.8, 4) is 0 Å². The minimum Gasteiger partial charge on any atom is -0.292 e. The average Bonchev–Trinajstić information content (AvgIpc) is 3.56. The SMILES string of the molecule is O=C(CN(C(=O)c1ccccc1[N+](=O)[O-])N1C(=O)[C@@H]2[C@H]3CC[C@@H](C3)[C@H]2C1=O)c1ccc([N+](=O)[O-])cc1. The van der Waals surface area contributed by atoms with Gasteiger partial charge >= 0.3 is 0 Å². The monoisotopic (exact) mass is 492 g/mol. The molecule has 5 rings (SSSR count). The maximum absolute atomic E-state index is 13.6. The lowest BCUT2D eigenvalue weighted by atomic mass is 9.81. The lowest BCUT2D eigenvalue weighted by molar-refractivity contribution is -0.385. The van der Waals surface area contributed by atoms with Crippen LogP contribution in [0.4, 0.5) is 11.4 Å². The van der Waals surface area contributed by atoms with Crippen molar-refractivity contribution < 1.29 is 29.0 Å². The number of hydrogen-bond acceptors (Lipinski definition) is 8. The van der Waals surface area contributed by atoms with E-state index in [-0.39, 0.29) is 28.7 Å². The number of hydrogen-bond donors (Lipinski definition) is 0. The zero-order chi connectivity index (χ0) is 25.7. The quantitative estimate of drug-likeness (QED) is 0.247. The normalized spacial score (nSPS) is 24.1. The van der Waals surface area contributed by atoms with Crippen molar-refractivity contribution in [1.29, 1.82) is 0 Å². The molecule has 12 heteroatoms. The molecule has 2 aromatic carbocycles. The van der Waals surface area contributed by atoms with E-state index >= 15 is 0 Å². The molecule has 0 radical (unpaired) electrons. The number of fused-ring (bicyclic) bond motifs is 5. The van der Waals surface area contributed by atoms with Gasteiger partial charge in [-0.3, -0.25) is 39.4 Å². The summed E-state index contributed by atoms with van der Waals surface area (Å²) in [5.41, 5.74) is -1.14. The lowest BCUT2D eigenvalue weighted by Gasteiger charge is -2.30. The van der Waals surface area contributed by atoms with Gasteiger partial charge in [-0.2, -0.15) is 5.01 Å². The van der Waals surface area contributed by atoms with Crippen molar-refractivity contribution in [2.45, 2.75) is 19.3 Å². The standard InChI is InChI=1S/C24H20N4O8/c29-19(13-7-9-16(10-8-13)27(33)34)12-25(22(30)17-3-1-2-4-18(17)28(35)36)26-23(31)20-14-5-6-15(11-14)21(20)24(26)32/h1-4,7-10,14-15,20-21H,5-6,11-12H2/t14-,15-,20+,21+/m0/s1. The summed E-state index contributed by atoms with van der Waals surface area (Å²) in [6, 6.07) is 9.74. The van der Waals surface area contributed by atoms with Gasteiger partial charge in [-0.25, -0.2) is 5.01 Å². The molecule has 12 nitrogen and oxygen atoms in total. The highest BCUT2D eigenvalue weighted by molar-refractivity contribution is 6.10. The number of imide groups is 1. The molecular weight excluding hydrogens is 472 g/mol. The smallest absolute Gasteiger partial charge is 0.282 e. The van der Waals surface area contributed by atoms with E-state index in [0.29, 0.717) is 10.0 Å². The van der Waals surface area contributed by atoms with Gasteiger partial charge in [-0.1, -0.05) is 12.1 Å². The second-order valence-corrected chi connectivity index (χ2v) is 9.24. The number of hydrazine groups is 1. The predicted octanol–water partition coefficient (Wildman–Crippen LogP) is 2.77. The van der Waals surface area contributed by atoms with Crippen molar-refractivity contribution in [3.05, 3.63) is 79.9 Å². The Hall–Kier alpha value is -4.48. The van der Waals surface area contributed by atoms with Gasteiger partial charge in [0, 0.05) is 23.8 Å². The fraction of sp³-hybridized carbons (Fsp3) is 0.333. The summed E-state index contributed by atoms with van der Waals surface area (Å²) < 4.78 is 0. The minimum atomic E-state index is -1.04. The van der Waals surface area contributed by atoms with Crippen LogP contribution in [-0.2, 0) is 9.59 Å². The van der Waals surface area contributed by atoms with E-state index in [0.717, 1.165) is 37.5 Å². The summed E-state index contributed by atoms with van der Waals surface area (Å²) in [4.78, 5) is 74.6. The molecule has 3 aliphatic rings. The summed E-state index contributed by atoms with van der Waals surface area (Å²) in [7, 11) is 0. The maximum atomic E-state index is 13.6. The van der Waals surface area contributed by atoms with E-state index in [9.17, 15) is 39.4 Å². The number of nitrogens with zero attached hydrogens (tertiary/aromatic N) is 4. The first-order chi connectivity index (χ1) is 17.2. The molecular formula is C24H20N4O8. The minimum absolute atomic E-state index is 0.0142. The van der Waals surface area contributed by atoms with E-state index in [1.54, 1.807) is 0 Å². The van der Waals surface area contributed by atoms with Crippen LogP contribution in [-0.4, -0.2) is 49.9 Å². The fourth-order valence-corrected chi connectivity index (χ4v) is 5.81. The number of carbonyl (C=O) groups is 4. The highest BCUT2D eigenvalue weighted by Gasteiger charge is 2.62. The molecule has 0 spiro atoms. The molecule has 184 valence electrons. The maximum Gasteiger partial charge on any atom is 0.282 e. The summed E-state index contributed by atoms with van der Waals surface area (Å²) in [6.07, 6.45) is 2.37. The molecule has 2 saturated carbocycles. The van der Waals surface area contributed by atoms with Crippen LogP contribution in [0.3, 0.4) is 0 Å². The Bertz CT molecular complexity index is 1300. The third kappa shape index (κ3) is 3.61. The number of nitro groups is 2. The fourth-order valence-electron chi connectivity index (χ4n) is 5.81. The van der Waals surface area contributed by atoms with E-state index in [2.05, 4.69) is 0 Å². The molecule has 0 unspecified atom stereocenters. The van der Waals surface area contributed by atoms with Gasteiger partial charge in [-0.15, -0.1) is 0 Å². The number of para-hydroxylation sites is 1. The van der Waals surface area contributed by atoms with Crippen LogP contribution < -0.4 is 0 Å². The van der Waals surface area contributed by atoms with Crippen LogP contribution in [0.1, 0.15) is 40.0 Å². The number of ketones is 1. The van der Waals surface area contributed by atoms with Crippen LogP contribution in [0.25, 0.3) is 0 Å². The molecule has 0 aromatic heterocycles. The van der Waals surface area contributed by atoms with Crippen molar-refractivity contribution in [2.75, 3.05) is 6.54 Å². The Kier molecular flexibility index (Phi) is 5.58. The van der Waals surface area contributed by atoms with Gasteiger partial charge in [0.05, 0.1) is 21.7 Å². The second-order valence-electron chi connectivity index (χ2n) is 9.24. The average molecular weight is 492 g/mol. The number of amides is 3. The number of non-ortho nitro benzene ring substituents is 1. The van der Waals surface area contributed by atoms with Gasteiger partial charge in [0.15, 0.2) is 5.78 Å². The summed E-state index contributed by atoms with van der Waals surface area (Å²) >= 11 is 0. The molecule has 2 aliphatic carbocycles. The molecule has 3 fully saturated rings. The molecule has 1 aliphatic heterocycles. The predicted molar refractivity (Wildman–Crippen MR) is 121 cm³/mol. The van der Waals surface area contributed by atoms with E-state index in [1.165, 1.54) is 30.3 Å². The molecule has 2 aromatic rings. The number of nitro benzene ring substituents is 2. The first-order valence-electron chi connectivity index (χ1n) is 11.4. The van der Waals surface area contributed by atoms with E-state index in [1.807, 2.05) is 0 Å². The van der Waals surface area contributed by atoms with Crippen LogP contribution in [0.2, 0.25) is 0 Å². The third-order valence-electron chi connectivity index (χ3n) is 7.40. The van der Waals surface area contributed by atoms with Crippen LogP contribution in [0, 0.1) is 43.9 Å². The topological polar surface area (TPSA) is 161 Å². The van der Waals surface area contributed by atoms with Gasteiger partial charge in [0.1, 0.15) is 12.1 Å². The Morgan fingerprint density at radius 1 is 0.889 bits per heavy atom. The Morgan fingerprint density at radius 3 is 2.03 bits per heavy atom. The van der Waals surface area contributed by atoms with E-state index < -0.39 is 57.4 Å². The van der Waals surface area contributed by atoms with Crippen molar-refractivity contribution in [1.82, 2.24) is 10.0 Å². The Morgan fingerprint density at radius 2 is 1.47 bits per heavy atom. The van der Waals surface area contributed by atoms with E-state index in [4.69, 9.17) is 0 Å². The van der Waals surface area contributed by atoms with Crippen LogP contribution >= 0.6 is 0 Å². The van der Waals surface area contributed by atoms with Crippen molar-refractivity contribution in [2.24, 2.45) is 23.7 Å². The Labute approximate surface area is 203 Å². The van der Waals surface area contributed by atoms with Crippen molar-refractivity contribution >= 4 is 34.9 Å². The zero-order valence-corrected chi connectivity index (χ0v) is 18.8. The molecule has 36 heavy (non-hydrogen) atoms. The van der Waals surface area contributed by atoms with Gasteiger partial charge in [-0.05, 0) is 49.3 Å². The first kappa shape index (κ1) is 23.3.